The lowest BCUT2D eigenvalue weighted by Gasteiger charge is -1.99. The molecule has 0 fully saturated rings. The Balaban J connectivity index is 3.27. The van der Waals surface area contributed by atoms with Crippen LogP contribution in [0.2, 0.25) is 0 Å². The van der Waals surface area contributed by atoms with Gasteiger partial charge in [0.15, 0.2) is 0 Å². The molecule has 0 unspecified atom stereocenters. The Morgan fingerprint density at radius 3 is 2.67 bits per heavy atom. The number of hydrogen-bond acceptors (Lipinski definition) is 1. The molecule has 5 heteroatoms. The van der Waals surface area contributed by atoms with Crippen LogP contribution in [0.15, 0.2) is 0 Å². The molecule has 9 heavy (non-hydrogen) atoms. The van der Waals surface area contributed by atoms with Crippen LogP contribution in [0.3, 0.4) is 0 Å². The van der Waals surface area contributed by atoms with Gasteiger partial charge in [0, 0.05) is 6.54 Å². The van der Waals surface area contributed by atoms with E-state index in [1.807, 2.05) is 0 Å². The van der Waals surface area contributed by atoms with Crippen LogP contribution >= 0.6 is 0 Å². The Labute approximate surface area is 51.4 Å². The predicted octanol–water partition coefficient (Wildman–Crippen LogP) is 0.543. The summed E-state index contributed by atoms with van der Waals surface area (Å²) in [7, 11) is 0. The molecule has 0 aromatic heterocycles. The molecule has 0 aromatic carbocycles. The van der Waals surface area contributed by atoms with Crippen molar-refractivity contribution < 1.29 is 13.6 Å². The summed E-state index contributed by atoms with van der Waals surface area (Å²) in [4.78, 5) is 10.1. The van der Waals surface area contributed by atoms with Crippen LogP contribution in [0.4, 0.5) is 13.6 Å². The number of halogens is 2. The van der Waals surface area contributed by atoms with Gasteiger partial charge >= 0.3 is 12.6 Å². The molecule has 0 aromatic rings. The average molecular weight is 137 g/mol. The predicted molar refractivity (Wildman–Crippen MR) is 27.2 cm³/mol. The van der Waals surface area contributed by atoms with Crippen molar-refractivity contribution in [2.75, 3.05) is 6.54 Å². The molecular weight excluding hydrogens is 130 g/mol. The monoisotopic (exact) mass is 137 g/mol. The van der Waals surface area contributed by atoms with Crippen molar-refractivity contribution in [3.63, 3.8) is 0 Å². The summed E-state index contributed by atoms with van der Waals surface area (Å²) in [5.74, 6) is 0. The van der Waals surface area contributed by atoms with Crippen LogP contribution in [0.1, 0.15) is 6.92 Å². The first-order valence-corrected chi connectivity index (χ1v) is 2.43. The Bertz CT molecular complexity index is 96.6. The maximum Gasteiger partial charge on any atom is 0.340 e. The van der Waals surface area contributed by atoms with Crippen LogP contribution in [0.5, 0.6) is 0 Å². The SMILES string of the molecule is CC[N]C(=O)NC(F)F. The largest absolute Gasteiger partial charge is 0.340 e. The number of amides is 2. The number of rotatable bonds is 2. The third-order valence-corrected chi connectivity index (χ3v) is 0.534. The van der Waals surface area contributed by atoms with Gasteiger partial charge in [-0.05, 0) is 6.92 Å². The smallest absolute Gasteiger partial charge is 0.280 e. The van der Waals surface area contributed by atoms with Gasteiger partial charge in [0.25, 0.3) is 0 Å². The second kappa shape index (κ2) is 4.05. The standard InChI is InChI=1S/C4H7F2N2O/c1-2-7-4(9)8-3(5)6/h3H,2H2,1H3,(H,8,9). The Morgan fingerprint density at radius 1 is 1.78 bits per heavy atom. The van der Waals surface area contributed by atoms with Crippen molar-refractivity contribution in [1.82, 2.24) is 10.6 Å². The van der Waals surface area contributed by atoms with Gasteiger partial charge in [-0.1, -0.05) is 0 Å². The summed E-state index contributed by atoms with van der Waals surface area (Å²) >= 11 is 0. The molecule has 0 heterocycles. The lowest BCUT2D eigenvalue weighted by molar-refractivity contribution is 0.115. The fourth-order valence-corrected chi connectivity index (χ4v) is 0.283. The number of nitrogens with zero attached hydrogens (tertiary/aromatic N) is 1. The minimum absolute atomic E-state index is 0.221. The van der Waals surface area contributed by atoms with Gasteiger partial charge in [0.1, 0.15) is 0 Å². The highest BCUT2D eigenvalue weighted by atomic mass is 19.3. The number of carbonyl (C=O) groups excluding carboxylic acids is 1. The third kappa shape index (κ3) is 4.99. The van der Waals surface area contributed by atoms with Gasteiger partial charge in [-0.3, -0.25) is 5.32 Å². The minimum Gasteiger partial charge on any atom is -0.280 e. The molecule has 0 aliphatic carbocycles. The van der Waals surface area contributed by atoms with E-state index in [0.29, 0.717) is 0 Å². The summed E-state index contributed by atoms with van der Waals surface area (Å²) in [6.07, 6.45) is 0. The van der Waals surface area contributed by atoms with Crippen molar-refractivity contribution in [3.8, 4) is 0 Å². The van der Waals surface area contributed by atoms with Gasteiger partial charge in [-0.2, -0.15) is 8.78 Å². The third-order valence-electron chi connectivity index (χ3n) is 0.534. The average Bonchev–Trinajstić information content (AvgIpc) is 1.63. The molecule has 0 aliphatic heterocycles. The molecule has 0 atom stereocenters. The molecule has 0 aliphatic rings. The van der Waals surface area contributed by atoms with E-state index < -0.39 is 12.6 Å². The zero-order valence-corrected chi connectivity index (χ0v) is 4.90. The molecule has 0 saturated carbocycles. The van der Waals surface area contributed by atoms with Crippen LogP contribution < -0.4 is 10.6 Å². The van der Waals surface area contributed by atoms with Crippen molar-refractivity contribution in [1.29, 1.82) is 0 Å². The van der Waals surface area contributed by atoms with Gasteiger partial charge in [-0.15, -0.1) is 0 Å². The van der Waals surface area contributed by atoms with Crippen LogP contribution in [-0.4, -0.2) is 19.1 Å². The molecule has 2 amide bonds. The second-order valence-corrected chi connectivity index (χ2v) is 1.22. The van der Waals surface area contributed by atoms with Crippen molar-refractivity contribution >= 4 is 6.03 Å². The highest BCUT2D eigenvalue weighted by Crippen LogP contribution is 1.83. The molecule has 53 valence electrons. The fraction of sp³-hybridized carbons (Fsp3) is 0.750. The first-order chi connectivity index (χ1) is 4.16. The second-order valence-electron chi connectivity index (χ2n) is 1.22. The maximum atomic E-state index is 11.2. The van der Waals surface area contributed by atoms with Gasteiger partial charge in [-0.25, -0.2) is 10.1 Å². The zero-order chi connectivity index (χ0) is 7.28. The van der Waals surface area contributed by atoms with Gasteiger partial charge < -0.3 is 0 Å². The topological polar surface area (TPSA) is 43.2 Å². The Kier molecular flexibility index (Phi) is 3.66. The molecule has 0 rings (SSSR count). The van der Waals surface area contributed by atoms with Crippen LogP contribution in [0.25, 0.3) is 0 Å². The van der Waals surface area contributed by atoms with E-state index >= 15 is 0 Å². The molecule has 1 radical (unpaired) electrons. The van der Waals surface area contributed by atoms with E-state index in [9.17, 15) is 13.6 Å². The lowest BCUT2D eigenvalue weighted by Crippen LogP contribution is -2.33. The summed E-state index contributed by atoms with van der Waals surface area (Å²) in [6.45, 7) is -1.00. The first kappa shape index (κ1) is 8.13. The Hall–Kier alpha value is -0.870. The van der Waals surface area contributed by atoms with Gasteiger partial charge in [0.05, 0.1) is 0 Å². The van der Waals surface area contributed by atoms with Crippen LogP contribution in [0, 0.1) is 0 Å². The highest BCUT2D eigenvalue weighted by molar-refractivity contribution is 5.73. The minimum atomic E-state index is -2.81. The van der Waals surface area contributed by atoms with Crippen molar-refractivity contribution in [3.05, 3.63) is 0 Å². The van der Waals surface area contributed by atoms with Crippen molar-refractivity contribution in [2.45, 2.75) is 13.5 Å². The molecule has 0 saturated heterocycles. The van der Waals surface area contributed by atoms with Crippen molar-refractivity contribution in [2.24, 2.45) is 0 Å². The van der Waals surface area contributed by atoms with E-state index in [0.717, 1.165) is 0 Å². The first-order valence-electron chi connectivity index (χ1n) is 2.43. The zero-order valence-electron chi connectivity index (χ0n) is 4.90. The quantitative estimate of drug-likeness (QED) is 0.554. The maximum absolute atomic E-state index is 11.2. The Morgan fingerprint density at radius 2 is 2.33 bits per heavy atom. The van der Waals surface area contributed by atoms with Crippen LogP contribution in [-0.2, 0) is 0 Å². The molecule has 0 bridgehead atoms. The van der Waals surface area contributed by atoms with E-state index in [-0.39, 0.29) is 6.54 Å². The number of hydrogen-bond donors (Lipinski definition) is 1. The highest BCUT2D eigenvalue weighted by Gasteiger charge is 2.05. The number of alkyl halides is 2. The number of carbonyl (C=O) groups is 1. The fourth-order valence-electron chi connectivity index (χ4n) is 0.283. The van der Waals surface area contributed by atoms with Gasteiger partial charge in [0.2, 0.25) is 0 Å². The number of urea groups is 1. The van der Waals surface area contributed by atoms with E-state index in [2.05, 4.69) is 5.32 Å². The molecule has 3 nitrogen and oxygen atoms in total. The van der Waals surface area contributed by atoms with E-state index in [4.69, 9.17) is 0 Å². The normalized spacial score (nSPS) is 9.33. The number of nitrogens with one attached hydrogen (secondary N) is 1. The summed E-state index contributed by atoms with van der Waals surface area (Å²) in [6, 6.07) is -0.965. The summed E-state index contributed by atoms with van der Waals surface area (Å²) in [5, 5.41) is 4.44. The molecular formula is C4H7F2N2O. The van der Waals surface area contributed by atoms with E-state index in [1.165, 1.54) is 5.32 Å². The lowest BCUT2D eigenvalue weighted by atomic mass is 10.7. The molecule has 1 N–H and O–H groups in total. The summed E-state index contributed by atoms with van der Waals surface area (Å²) in [5.41, 5.74) is 0. The molecule has 0 spiro atoms. The summed E-state index contributed by atoms with van der Waals surface area (Å²) < 4.78 is 22.4. The van der Waals surface area contributed by atoms with E-state index in [1.54, 1.807) is 6.92 Å².